The minimum Gasteiger partial charge on any atom is -0.493 e. The first kappa shape index (κ1) is 15.7. The maximum atomic E-state index is 12.1. The maximum Gasteiger partial charge on any atom is 0.338 e. The Balaban J connectivity index is 2.08. The highest BCUT2D eigenvalue weighted by Crippen LogP contribution is 2.38. The van der Waals surface area contributed by atoms with E-state index in [1.165, 1.54) is 21.3 Å². The van der Waals surface area contributed by atoms with E-state index in [2.05, 4.69) is 5.10 Å². The molecule has 22 heavy (non-hydrogen) atoms. The summed E-state index contributed by atoms with van der Waals surface area (Å²) in [5, 5.41) is 4.03. The lowest BCUT2D eigenvalue weighted by Crippen LogP contribution is -2.12. The van der Waals surface area contributed by atoms with Crippen LogP contribution in [0.1, 0.15) is 10.4 Å². The minimum absolute atomic E-state index is 0.219. The zero-order valence-corrected chi connectivity index (χ0v) is 12.7. The molecule has 1 heterocycles. The van der Waals surface area contributed by atoms with Gasteiger partial charge < -0.3 is 18.9 Å². The van der Waals surface area contributed by atoms with Gasteiger partial charge in [0.2, 0.25) is 5.75 Å². The summed E-state index contributed by atoms with van der Waals surface area (Å²) in [5.41, 5.74) is 0.329. The average Bonchev–Trinajstić information content (AvgIpc) is 3.06. The van der Waals surface area contributed by atoms with Gasteiger partial charge in [0.05, 0.1) is 33.4 Å². The first-order valence-corrected chi connectivity index (χ1v) is 6.64. The van der Waals surface area contributed by atoms with Crippen molar-refractivity contribution in [3.05, 3.63) is 36.2 Å². The van der Waals surface area contributed by atoms with Crippen LogP contribution in [0.5, 0.6) is 17.2 Å². The van der Waals surface area contributed by atoms with Crippen LogP contribution in [0.3, 0.4) is 0 Å². The Morgan fingerprint density at radius 2 is 1.82 bits per heavy atom. The molecule has 118 valence electrons. The van der Waals surface area contributed by atoms with Crippen LogP contribution in [-0.4, -0.2) is 43.7 Å². The number of hydrogen-bond acceptors (Lipinski definition) is 6. The third-order valence-electron chi connectivity index (χ3n) is 3.01. The van der Waals surface area contributed by atoms with E-state index in [0.717, 1.165) is 0 Å². The van der Waals surface area contributed by atoms with Crippen molar-refractivity contribution in [3.8, 4) is 17.2 Å². The van der Waals surface area contributed by atoms with Crippen molar-refractivity contribution in [2.45, 2.75) is 6.54 Å². The molecule has 0 saturated heterocycles. The fourth-order valence-electron chi connectivity index (χ4n) is 1.95. The third kappa shape index (κ3) is 3.49. The summed E-state index contributed by atoms with van der Waals surface area (Å²) in [6.07, 6.45) is 3.47. The van der Waals surface area contributed by atoms with Crippen LogP contribution >= 0.6 is 0 Å². The molecule has 0 fully saturated rings. The summed E-state index contributed by atoms with van der Waals surface area (Å²) in [6.45, 7) is 0.709. The van der Waals surface area contributed by atoms with E-state index in [9.17, 15) is 4.79 Å². The molecule has 0 unspecified atom stereocenters. The van der Waals surface area contributed by atoms with Crippen molar-refractivity contribution in [1.29, 1.82) is 0 Å². The molecule has 7 heteroatoms. The Morgan fingerprint density at radius 3 is 2.32 bits per heavy atom. The van der Waals surface area contributed by atoms with Gasteiger partial charge in [-0.05, 0) is 18.2 Å². The van der Waals surface area contributed by atoms with Gasteiger partial charge >= 0.3 is 5.97 Å². The first-order valence-electron chi connectivity index (χ1n) is 6.64. The molecule has 0 aliphatic heterocycles. The lowest BCUT2D eigenvalue weighted by atomic mass is 10.2. The van der Waals surface area contributed by atoms with E-state index in [-0.39, 0.29) is 6.61 Å². The molecule has 2 aromatic rings. The fourth-order valence-corrected chi connectivity index (χ4v) is 1.95. The number of methoxy groups -OCH3 is 3. The number of aromatic nitrogens is 2. The quantitative estimate of drug-likeness (QED) is 0.726. The summed E-state index contributed by atoms with van der Waals surface area (Å²) in [4.78, 5) is 12.1. The fraction of sp³-hybridized carbons (Fsp3) is 0.333. The van der Waals surface area contributed by atoms with Gasteiger partial charge in [0.1, 0.15) is 6.61 Å². The van der Waals surface area contributed by atoms with Crippen molar-refractivity contribution < 1.29 is 23.7 Å². The highest BCUT2D eigenvalue weighted by atomic mass is 16.5. The van der Waals surface area contributed by atoms with Crippen LogP contribution in [-0.2, 0) is 11.3 Å². The van der Waals surface area contributed by atoms with Crippen molar-refractivity contribution in [2.75, 3.05) is 27.9 Å². The molecule has 0 saturated carbocycles. The largest absolute Gasteiger partial charge is 0.493 e. The van der Waals surface area contributed by atoms with Crippen molar-refractivity contribution in [2.24, 2.45) is 0 Å². The topological polar surface area (TPSA) is 71.8 Å². The van der Waals surface area contributed by atoms with Crippen LogP contribution in [0.2, 0.25) is 0 Å². The summed E-state index contributed by atoms with van der Waals surface area (Å²) in [5.74, 6) is 0.770. The van der Waals surface area contributed by atoms with Gasteiger partial charge in [-0.2, -0.15) is 5.10 Å². The molecule has 2 rings (SSSR count). The van der Waals surface area contributed by atoms with Gasteiger partial charge in [-0.25, -0.2) is 4.79 Å². The third-order valence-corrected chi connectivity index (χ3v) is 3.01. The lowest BCUT2D eigenvalue weighted by molar-refractivity contribution is 0.0487. The molecule has 1 aromatic heterocycles. The normalized spacial score (nSPS) is 10.1. The van der Waals surface area contributed by atoms with E-state index >= 15 is 0 Å². The van der Waals surface area contributed by atoms with Crippen molar-refractivity contribution in [1.82, 2.24) is 9.78 Å². The van der Waals surface area contributed by atoms with Crippen molar-refractivity contribution in [3.63, 3.8) is 0 Å². The van der Waals surface area contributed by atoms with Crippen molar-refractivity contribution >= 4 is 5.97 Å². The van der Waals surface area contributed by atoms with Gasteiger partial charge in [0.15, 0.2) is 11.5 Å². The molecule has 0 amide bonds. The molecule has 0 aliphatic carbocycles. The SMILES string of the molecule is COc1cc(C(=O)OCCn2cccn2)cc(OC)c1OC. The standard InChI is InChI=1S/C15H18N2O5/c1-19-12-9-11(10-13(20-2)14(12)21-3)15(18)22-8-7-17-6-4-5-16-17/h4-6,9-10H,7-8H2,1-3H3. The van der Waals surface area contributed by atoms with E-state index in [4.69, 9.17) is 18.9 Å². The van der Waals surface area contributed by atoms with Gasteiger partial charge in [0.25, 0.3) is 0 Å². The Hall–Kier alpha value is -2.70. The molecule has 7 nitrogen and oxygen atoms in total. The average molecular weight is 306 g/mol. The summed E-state index contributed by atoms with van der Waals surface area (Å²) < 4.78 is 22.5. The maximum absolute atomic E-state index is 12.1. The number of benzene rings is 1. The van der Waals surface area contributed by atoms with Crippen LogP contribution in [0.25, 0.3) is 0 Å². The van der Waals surface area contributed by atoms with Gasteiger partial charge in [0, 0.05) is 12.4 Å². The lowest BCUT2D eigenvalue weighted by Gasteiger charge is -2.13. The van der Waals surface area contributed by atoms with Gasteiger partial charge in [-0.15, -0.1) is 0 Å². The number of rotatable bonds is 7. The Kier molecular flexibility index (Phi) is 5.24. The van der Waals surface area contributed by atoms with Crippen LogP contribution in [0.15, 0.2) is 30.6 Å². The Labute approximate surface area is 128 Å². The molecule has 0 spiro atoms. The predicted octanol–water partition coefficient (Wildman–Crippen LogP) is 1.77. The number of carbonyl (C=O) groups is 1. The zero-order valence-electron chi connectivity index (χ0n) is 12.7. The van der Waals surface area contributed by atoms with Gasteiger partial charge in [-0.1, -0.05) is 0 Å². The minimum atomic E-state index is -0.466. The van der Waals surface area contributed by atoms with Crippen LogP contribution in [0, 0.1) is 0 Å². The molecular weight excluding hydrogens is 288 g/mol. The van der Waals surface area contributed by atoms with E-state index < -0.39 is 5.97 Å². The summed E-state index contributed by atoms with van der Waals surface area (Å²) in [7, 11) is 4.48. The molecule has 0 radical (unpaired) electrons. The molecule has 0 N–H and O–H groups in total. The van der Waals surface area contributed by atoms with E-state index in [1.54, 1.807) is 35.3 Å². The second kappa shape index (κ2) is 7.35. The Morgan fingerprint density at radius 1 is 1.14 bits per heavy atom. The number of carbonyl (C=O) groups excluding carboxylic acids is 1. The molecule has 1 aromatic carbocycles. The number of nitrogens with zero attached hydrogens (tertiary/aromatic N) is 2. The van der Waals surface area contributed by atoms with E-state index in [0.29, 0.717) is 29.4 Å². The van der Waals surface area contributed by atoms with Crippen LogP contribution in [0.4, 0.5) is 0 Å². The van der Waals surface area contributed by atoms with E-state index in [1.807, 2.05) is 0 Å². The number of esters is 1. The second-order valence-electron chi connectivity index (χ2n) is 4.32. The molecule has 0 atom stereocenters. The monoisotopic (exact) mass is 306 g/mol. The smallest absolute Gasteiger partial charge is 0.338 e. The van der Waals surface area contributed by atoms with Crippen LogP contribution < -0.4 is 14.2 Å². The first-order chi connectivity index (χ1) is 10.7. The number of hydrogen-bond donors (Lipinski definition) is 0. The predicted molar refractivity (Wildman–Crippen MR) is 78.6 cm³/mol. The molecular formula is C15H18N2O5. The highest BCUT2D eigenvalue weighted by molar-refractivity contribution is 5.91. The Bertz CT molecular complexity index is 600. The summed E-state index contributed by atoms with van der Waals surface area (Å²) >= 11 is 0. The second-order valence-corrected chi connectivity index (χ2v) is 4.32. The molecule has 0 aliphatic rings. The zero-order chi connectivity index (χ0) is 15.9. The summed E-state index contributed by atoms with van der Waals surface area (Å²) in [6, 6.07) is 4.91. The highest BCUT2D eigenvalue weighted by Gasteiger charge is 2.17. The molecule has 0 bridgehead atoms. The number of ether oxygens (including phenoxy) is 4. The van der Waals surface area contributed by atoms with Gasteiger partial charge in [-0.3, -0.25) is 4.68 Å².